The van der Waals surface area contributed by atoms with E-state index in [9.17, 15) is 5.11 Å². The first-order valence-electron chi connectivity index (χ1n) is 3.84. The van der Waals surface area contributed by atoms with Gasteiger partial charge in [-0.05, 0) is 13.8 Å². The Balaban J connectivity index is 0.000001000. The molecule has 0 aromatic heterocycles. The van der Waals surface area contributed by atoms with Gasteiger partial charge in [-0.2, -0.15) is 0 Å². The highest BCUT2D eigenvalue weighted by molar-refractivity contribution is 8.93. The summed E-state index contributed by atoms with van der Waals surface area (Å²) in [4.78, 5) is 2.24. The zero-order valence-corrected chi connectivity index (χ0v) is 8.79. The molecule has 0 bridgehead atoms. The van der Waals surface area contributed by atoms with Crippen molar-refractivity contribution >= 4 is 17.0 Å². The Hall–Kier alpha value is 0.360. The van der Waals surface area contributed by atoms with Crippen LogP contribution in [0.3, 0.4) is 0 Å². The van der Waals surface area contributed by atoms with E-state index >= 15 is 0 Å². The summed E-state index contributed by atoms with van der Waals surface area (Å²) >= 11 is 0. The Morgan fingerprint density at radius 2 is 2.09 bits per heavy atom. The fourth-order valence-corrected chi connectivity index (χ4v) is 1.18. The van der Waals surface area contributed by atoms with E-state index in [-0.39, 0.29) is 29.1 Å². The standard InChI is InChI=1S/C7H16N2O.BrH/c1-6(7(2)10)9-4-3-8-5-9;/h6-8,10H,3-5H2,1-2H3;1H. The number of aliphatic hydroxyl groups excluding tert-OH is 1. The average Bonchev–Trinajstić information content (AvgIpc) is 2.36. The van der Waals surface area contributed by atoms with Crippen molar-refractivity contribution in [3.63, 3.8) is 0 Å². The van der Waals surface area contributed by atoms with E-state index < -0.39 is 0 Å². The van der Waals surface area contributed by atoms with Crippen LogP contribution in [-0.2, 0) is 0 Å². The van der Waals surface area contributed by atoms with Gasteiger partial charge in [0.05, 0.1) is 6.10 Å². The first kappa shape index (κ1) is 11.4. The van der Waals surface area contributed by atoms with Crippen molar-refractivity contribution in [3.8, 4) is 0 Å². The highest BCUT2D eigenvalue weighted by atomic mass is 79.9. The van der Waals surface area contributed by atoms with Gasteiger partial charge in [-0.1, -0.05) is 0 Å². The third kappa shape index (κ3) is 3.07. The molecule has 0 spiro atoms. The van der Waals surface area contributed by atoms with Gasteiger partial charge >= 0.3 is 0 Å². The van der Waals surface area contributed by atoms with Crippen molar-refractivity contribution in [2.24, 2.45) is 0 Å². The summed E-state index contributed by atoms with van der Waals surface area (Å²) in [6, 6.07) is 0.287. The SMILES string of the molecule is Br.CC(O)C(C)N1CCNC1. The maximum Gasteiger partial charge on any atom is 0.0665 e. The normalized spacial score (nSPS) is 24.3. The minimum Gasteiger partial charge on any atom is -0.392 e. The topological polar surface area (TPSA) is 35.5 Å². The zero-order chi connectivity index (χ0) is 7.56. The summed E-state index contributed by atoms with van der Waals surface area (Å²) in [5.74, 6) is 0. The summed E-state index contributed by atoms with van der Waals surface area (Å²) < 4.78 is 0. The van der Waals surface area contributed by atoms with E-state index in [0.717, 1.165) is 19.8 Å². The van der Waals surface area contributed by atoms with E-state index in [1.807, 2.05) is 6.92 Å². The molecule has 0 radical (unpaired) electrons. The number of aliphatic hydroxyl groups is 1. The van der Waals surface area contributed by atoms with Gasteiger partial charge in [-0.15, -0.1) is 17.0 Å². The maximum absolute atomic E-state index is 9.21. The number of hydrogen-bond acceptors (Lipinski definition) is 3. The van der Waals surface area contributed by atoms with Crippen LogP contribution in [0.25, 0.3) is 0 Å². The third-order valence-electron chi connectivity index (χ3n) is 2.16. The van der Waals surface area contributed by atoms with Crippen LogP contribution in [0.5, 0.6) is 0 Å². The maximum atomic E-state index is 9.21. The monoisotopic (exact) mass is 224 g/mol. The van der Waals surface area contributed by atoms with Crippen molar-refractivity contribution in [1.82, 2.24) is 10.2 Å². The fourth-order valence-electron chi connectivity index (χ4n) is 1.18. The van der Waals surface area contributed by atoms with Crippen molar-refractivity contribution in [1.29, 1.82) is 0 Å². The van der Waals surface area contributed by atoms with Gasteiger partial charge in [0.25, 0.3) is 0 Å². The fraction of sp³-hybridized carbons (Fsp3) is 1.00. The van der Waals surface area contributed by atoms with Gasteiger partial charge in [-0.25, -0.2) is 0 Å². The molecule has 2 unspecified atom stereocenters. The predicted molar refractivity (Wildman–Crippen MR) is 51.0 cm³/mol. The lowest BCUT2D eigenvalue weighted by Crippen LogP contribution is -2.39. The van der Waals surface area contributed by atoms with Gasteiger partial charge in [0.15, 0.2) is 0 Å². The van der Waals surface area contributed by atoms with Crippen molar-refractivity contribution in [2.45, 2.75) is 26.0 Å². The molecule has 1 heterocycles. The molecule has 0 aromatic rings. The van der Waals surface area contributed by atoms with Gasteiger partial charge in [-0.3, -0.25) is 4.90 Å². The second kappa shape index (κ2) is 5.09. The van der Waals surface area contributed by atoms with Crippen molar-refractivity contribution < 1.29 is 5.11 Å². The molecule has 2 atom stereocenters. The van der Waals surface area contributed by atoms with Crippen LogP contribution >= 0.6 is 17.0 Å². The molecule has 0 saturated carbocycles. The minimum absolute atomic E-state index is 0. The smallest absolute Gasteiger partial charge is 0.0665 e. The molecule has 4 heteroatoms. The summed E-state index contributed by atoms with van der Waals surface area (Å²) in [5, 5.41) is 12.4. The summed E-state index contributed by atoms with van der Waals surface area (Å²) in [5.41, 5.74) is 0. The molecular weight excluding hydrogens is 208 g/mol. The van der Waals surface area contributed by atoms with Gasteiger partial charge < -0.3 is 10.4 Å². The number of halogens is 1. The average molecular weight is 225 g/mol. The molecule has 11 heavy (non-hydrogen) atoms. The molecule has 68 valence electrons. The first-order valence-corrected chi connectivity index (χ1v) is 3.84. The van der Waals surface area contributed by atoms with Gasteiger partial charge in [0, 0.05) is 25.8 Å². The first-order chi connectivity index (χ1) is 4.72. The van der Waals surface area contributed by atoms with Gasteiger partial charge in [0.1, 0.15) is 0 Å². The highest BCUT2D eigenvalue weighted by Crippen LogP contribution is 2.04. The Kier molecular flexibility index (Phi) is 5.25. The van der Waals surface area contributed by atoms with Crippen LogP contribution in [-0.4, -0.2) is 41.9 Å². The van der Waals surface area contributed by atoms with Crippen molar-refractivity contribution in [2.75, 3.05) is 19.8 Å². The summed E-state index contributed by atoms with van der Waals surface area (Å²) in [6.07, 6.45) is -0.222. The Morgan fingerprint density at radius 3 is 2.45 bits per heavy atom. The molecule has 0 aliphatic carbocycles. The number of hydrogen-bond donors (Lipinski definition) is 2. The number of rotatable bonds is 2. The number of nitrogens with zero attached hydrogens (tertiary/aromatic N) is 1. The summed E-state index contributed by atoms with van der Waals surface area (Å²) in [7, 11) is 0. The van der Waals surface area contributed by atoms with Crippen LogP contribution in [0.15, 0.2) is 0 Å². The molecule has 0 aromatic carbocycles. The zero-order valence-electron chi connectivity index (χ0n) is 7.08. The quantitative estimate of drug-likeness (QED) is 0.704. The van der Waals surface area contributed by atoms with Crippen LogP contribution in [0.2, 0.25) is 0 Å². The molecule has 1 fully saturated rings. The van der Waals surface area contributed by atoms with E-state index in [2.05, 4.69) is 17.1 Å². The van der Waals surface area contributed by atoms with E-state index in [4.69, 9.17) is 0 Å². The predicted octanol–water partition coefficient (Wildman–Crippen LogP) is 0.196. The van der Waals surface area contributed by atoms with Gasteiger partial charge in [0.2, 0.25) is 0 Å². The lowest BCUT2D eigenvalue weighted by Gasteiger charge is -2.24. The van der Waals surface area contributed by atoms with Crippen molar-refractivity contribution in [3.05, 3.63) is 0 Å². The lowest BCUT2D eigenvalue weighted by molar-refractivity contribution is 0.0850. The van der Waals surface area contributed by atoms with Crippen LogP contribution in [0.1, 0.15) is 13.8 Å². The molecule has 1 saturated heterocycles. The largest absolute Gasteiger partial charge is 0.392 e. The summed E-state index contributed by atoms with van der Waals surface area (Å²) in [6.45, 7) is 6.93. The molecular formula is C7H17BrN2O. The molecule has 1 rings (SSSR count). The Labute approximate surface area is 78.5 Å². The minimum atomic E-state index is -0.222. The molecule has 2 N–H and O–H groups in total. The third-order valence-corrected chi connectivity index (χ3v) is 2.16. The van der Waals surface area contributed by atoms with E-state index in [0.29, 0.717) is 0 Å². The second-order valence-corrected chi connectivity index (χ2v) is 2.95. The number of nitrogens with one attached hydrogen (secondary N) is 1. The van der Waals surface area contributed by atoms with E-state index in [1.165, 1.54) is 0 Å². The Morgan fingerprint density at radius 1 is 1.45 bits per heavy atom. The lowest BCUT2D eigenvalue weighted by atomic mass is 10.2. The molecule has 1 aliphatic rings. The van der Waals surface area contributed by atoms with E-state index in [1.54, 1.807) is 0 Å². The molecule has 0 amide bonds. The highest BCUT2D eigenvalue weighted by Gasteiger charge is 2.20. The second-order valence-electron chi connectivity index (χ2n) is 2.95. The Bertz CT molecular complexity index is 105. The molecule has 3 nitrogen and oxygen atoms in total. The molecule has 1 aliphatic heterocycles. The van der Waals surface area contributed by atoms with Crippen LogP contribution < -0.4 is 5.32 Å². The van der Waals surface area contributed by atoms with Crippen LogP contribution in [0, 0.1) is 0 Å². The van der Waals surface area contributed by atoms with Crippen LogP contribution in [0.4, 0.5) is 0 Å².